The summed E-state index contributed by atoms with van der Waals surface area (Å²) in [5.41, 5.74) is 1.47. The Balaban J connectivity index is 2.11. The molecule has 0 aromatic heterocycles. The summed E-state index contributed by atoms with van der Waals surface area (Å²) in [4.78, 5) is 7.54. The van der Waals surface area contributed by atoms with Crippen molar-refractivity contribution < 1.29 is 4.74 Å². The fraction of sp³-hybridized carbons (Fsp3) is 0.375. The van der Waals surface area contributed by atoms with Gasteiger partial charge in [-0.1, -0.05) is 0 Å². The molecule has 2 heteroatoms. The number of ether oxygens (including phenoxy) is 1. The van der Waals surface area contributed by atoms with E-state index >= 15 is 0 Å². The van der Waals surface area contributed by atoms with Gasteiger partial charge in [0, 0.05) is 0 Å². The van der Waals surface area contributed by atoms with Crippen LogP contribution in [0.15, 0.2) is 36.4 Å². The molecule has 1 heterocycles. The summed E-state index contributed by atoms with van der Waals surface area (Å²) >= 11 is -1.77. The average molecular weight is 347 g/mol. The SMILES string of the molecule is [CH3][Sn]([CH3])([CH3])[CH2]C1COc2ccc3ccccc3c21. The van der Waals surface area contributed by atoms with E-state index in [4.69, 9.17) is 4.74 Å². The van der Waals surface area contributed by atoms with Crippen molar-refractivity contribution in [3.63, 3.8) is 0 Å². The molecule has 1 atom stereocenters. The summed E-state index contributed by atoms with van der Waals surface area (Å²) in [6.45, 7) is 0.886. The third kappa shape index (κ3) is 2.25. The van der Waals surface area contributed by atoms with Crippen LogP contribution in [-0.2, 0) is 0 Å². The average Bonchev–Trinajstić information content (AvgIpc) is 2.70. The first-order valence-corrected chi connectivity index (χ1v) is 17.3. The predicted octanol–water partition coefficient (Wildman–Crippen LogP) is 4.65. The Kier molecular flexibility index (Phi) is 3.05. The summed E-state index contributed by atoms with van der Waals surface area (Å²) in [5.74, 6) is 1.75. The van der Waals surface area contributed by atoms with Crippen LogP contribution in [0.4, 0.5) is 0 Å². The number of rotatable bonds is 2. The molecule has 2 aromatic carbocycles. The van der Waals surface area contributed by atoms with Crippen LogP contribution >= 0.6 is 0 Å². The van der Waals surface area contributed by atoms with E-state index in [0.717, 1.165) is 12.4 Å². The Hall–Kier alpha value is -0.701. The first-order valence-electron chi connectivity index (χ1n) is 6.69. The Labute approximate surface area is 113 Å². The van der Waals surface area contributed by atoms with Gasteiger partial charge in [-0.3, -0.25) is 0 Å². The van der Waals surface area contributed by atoms with Gasteiger partial charge in [0.25, 0.3) is 0 Å². The molecule has 0 amide bonds. The van der Waals surface area contributed by atoms with Crippen LogP contribution in [0.5, 0.6) is 5.75 Å². The van der Waals surface area contributed by atoms with E-state index in [1.54, 1.807) is 0 Å². The molecule has 0 saturated heterocycles. The number of hydrogen-bond donors (Lipinski definition) is 0. The second-order valence-electron chi connectivity index (χ2n) is 6.47. The van der Waals surface area contributed by atoms with Crippen molar-refractivity contribution in [1.29, 1.82) is 0 Å². The third-order valence-electron chi connectivity index (χ3n) is 3.64. The van der Waals surface area contributed by atoms with Crippen LogP contribution in [-0.4, -0.2) is 25.0 Å². The summed E-state index contributed by atoms with van der Waals surface area (Å²) < 4.78 is 7.28. The van der Waals surface area contributed by atoms with E-state index in [9.17, 15) is 0 Å². The minimum absolute atomic E-state index is 0.627. The van der Waals surface area contributed by atoms with Crippen molar-refractivity contribution >= 4 is 29.1 Å². The van der Waals surface area contributed by atoms with Crippen LogP contribution in [0.25, 0.3) is 10.8 Å². The molecule has 1 aliphatic heterocycles. The first kappa shape index (κ1) is 12.3. The molecule has 1 nitrogen and oxygen atoms in total. The van der Waals surface area contributed by atoms with Crippen LogP contribution in [0, 0.1) is 0 Å². The van der Waals surface area contributed by atoms with E-state index in [2.05, 4.69) is 51.2 Å². The Bertz CT molecular complexity index is 583. The molecule has 0 aliphatic carbocycles. The van der Waals surface area contributed by atoms with Crippen LogP contribution in [0.1, 0.15) is 11.5 Å². The van der Waals surface area contributed by atoms with Crippen molar-refractivity contribution in [3.05, 3.63) is 42.0 Å². The molecular weight excluding hydrogens is 327 g/mol. The van der Waals surface area contributed by atoms with Crippen molar-refractivity contribution in [2.24, 2.45) is 0 Å². The van der Waals surface area contributed by atoms with Gasteiger partial charge in [0.15, 0.2) is 0 Å². The molecular formula is C16H20OSn. The Morgan fingerprint density at radius 2 is 1.89 bits per heavy atom. The number of benzene rings is 2. The summed E-state index contributed by atoms with van der Waals surface area (Å²) in [6, 6.07) is 13.0. The summed E-state index contributed by atoms with van der Waals surface area (Å²) in [7, 11) is 0. The zero-order chi connectivity index (χ0) is 12.8. The van der Waals surface area contributed by atoms with Gasteiger partial charge in [-0.15, -0.1) is 0 Å². The number of hydrogen-bond acceptors (Lipinski definition) is 1. The van der Waals surface area contributed by atoms with Gasteiger partial charge in [0.1, 0.15) is 0 Å². The van der Waals surface area contributed by atoms with Crippen LogP contribution in [0.3, 0.4) is 0 Å². The standard InChI is InChI=1S/C13H11O.3CH3.Sn/c1-9-8-14-12-7-6-10-4-2-3-5-11(10)13(9)12;;;;/h2-7,9H,1,8H2;3*1H3;. The number of fused-ring (bicyclic) bond motifs is 3. The van der Waals surface area contributed by atoms with Crippen LogP contribution < -0.4 is 4.74 Å². The zero-order valence-corrected chi connectivity index (χ0v) is 14.2. The fourth-order valence-electron chi connectivity index (χ4n) is 3.00. The monoisotopic (exact) mass is 348 g/mol. The maximum atomic E-state index is 5.90. The minimum atomic E-state index is -1.77. The van der Waals surface area contributed by atoms with Gasteiger partial charge in [0.2, 0.25) is 0 Å². The van der Waals surface area contributed by atoms with Crippen molar-refractivity contribution in [3.8, 4) is 5.75 Å². The van der Waals surface area contributed by atoms with Gasteiger partial charge in [0.05, 0.1) is 0 Å². The Morgan fingerprint density at radius 3 is 2.67 bits per heavy atom. The summed E-state index contributed by atoms with van der Waals surface area (Å²) in [6.07, 6.45) is 0. The van der Waals surface area contributed by atoms with Gasteiger partial charge in [-0.25, -0.2) is 0 Å². The molecule has 0 spiro atoms. The second-order valence-corrected chi connectivity index (χ2v) is 22.3. The topological polar surface area (TPSA) is 9.23 Å². The van der Waals surface area contributed by atoms with Gasteiger partial charge < -0.3 is 0 Å². The van der Waals surface area contributed by atoms with E-state index < -0.39 is 18.4 Å². The van der Waals surface area contributed by atoms with E-state index in [1.165, 1.54) is 20.8 Å². The third-order valence-corrected chi connectivity index (χ3v) is 8.54. The molecule has 0 N–H and O–H groups in total. The molecule has 0 fully saturated rings. The summed E-state index contributed by atoms with van der Waals surface area (Å²) in [5, 5.41) is 2.74. The molecule has 18 heavy (non-hydrogen) atoms. The van der Waals surface area contributed by atoms with Crippen molar-refractivity contribution in [1.82, 2.24) is 0 Å². The zero-order valence-electron chi connectivity index (χ0n) is 11.4. The fourth-order valence-corrected chi connectivity index (χ4v) is 8.13. The Morgan fingerprint density at radius 1 is 1.11 bits per heavy atom. The van der Waals surface area contributed by atoms with Crippen LogP contribution in [0.2, 0.25) is 19.3 Å². The molecule has 1 aliphatic rings. The van der Waals surface area contributed by atoms with Gasteiger partial charge in [-0.05, 0) is 0 Å². The molecule has 2 aromatic rings. The molecule has 0 radical (unpaired) electrons. The quantitative estimate of drug-likeness (QED) is 0.719. The second kappa shape index (κ2) is 4.44. The normalized spacial score (nSPS) is 18.7. The van der Waals surface area contributed by atoms with E-state index in [-0.39, 0.29) is 0 Å². The van der Waals surface area contributed by atoms with E-state index in [0.29, 0.717) is 5.92 Å². The molecule has 0 bridgehead atoms. The first-order chi connectivity index (χ1) is 8.54. The molecule has 0 saturated carbocycles. The van der Waals surface area contributed by atoms with Crippen molar-refractivity contribution in [2.45, 2.75) is 25.2 Å². The molecule has 3 rings (SSSR count). The van der Waals surface area contributed by atoms with Gasteiger partial charge >= 0.3 is 113 Å². The molecule has 1 unspecified atom stereocenters. The molecule has 94 valence electrons. The predicted molar refractivity (Wildman–Crippen MR) is 80.3 cm³/mol. The van der Waals surface area contributed by atoms with E-state index in [1.807, 2.05) is 0 Å². The maximum absolute atomic E-state index is 5.90. The van der Waals surface area contributed by atoms with Gasteiger partial charge in [-0.2, -0.15) is 0 Å². The van der Waals surface area contributed by atoms with Crippen molar-refractivity contribution in [2.75, 3.05) is 6.61 Å².